The quantitative estimate of drug-likeness (QED) is 0.310. The molecule has 0 radical (unpaired) electrons. The Morgan fingerprint density at radius 1 is 0.950 bits per heavy atom. The van der Waals surface area contributed by atoms with Crippen LogP contribution in [0.5, 0.6) is 5.75 Å². The monoisotopic (exact) mass is 549 g/mol. The number of nitrogens with one attached hydrogen (secondary N) is 2. The van der Waals surface area contributed by atoms with Gasteiger partial charge in [0.2, 0.25) is 0 Å². The second-order valence-corrected chi connectivity index (χ2v) is 9.65. The number of anilines is 1. The van der Waals surface area contributed by atoms with Crippen LogP contribution in [-0.2, 0) is 9.53 Å². The molecule has 1 amide bonds. The molecule has 1 saturated heterocycles. The molecule has 2 heterocycles. The lowest BCUT2D eigenvalue weighted by Crippen LogP contribution is -2.34. The highest BCUT2D eigenvalue weighted by molar-refractivity contribution is 6.05. The normalized spacial score (nSPS) is 12.6. The van der Waals surface area contributed by atoms with Gasteiger partial charge in [-0.2, -0.15) is 0 Å². The Hall–Kier alpha value is -3.71. The van der Waals surface area contributed by atoms with E-state index in [1.165, 1.54) is 0 Å². The molecule has 0 saturated carbocycles. The maximum Gasteiger partial charge on any atom is 0.293 e. The molecule has 0 spiro atoms. The van der Waals surface area contributed by atoms with Gasteiger partial charge in [-0.25, -0.2) is 4.98 Å². The predicted molar refractivity (Wildman–Crippen MR) is 165 cm³/mol. The van der Waals surface area contributed by atoms with E-state index in [0.717, 1.165) is 48.3 Å². The van der Waals surface area contributed by atoms with Crippen molar-refractivity contribution in [3.05, 3.63) is 78.1 Å². The molecule has 0 atom stereocenters. The summed E-state index contributed by atoms with van der Waals surface area (Å²) < 4.78 is 10.8. The van der Waals surface area contributed by atoms with E-state index in [2.05, 4.69) is 20.4 Å². The number of aromatic nitrogens is 1. The Kier molecular flexibility index (Phi) is 15.9. The summed E-state index contributed by atoms with van der Waals surface area (Å²) in [6.07, 6.45) is 3.63. The minimum Gasteiger partial charge on any atom is -0.488 e. The van der Waals surface area contributed by atoms with Crippen LogP contribution in [-0.4, -0.2) is 42.2 Å². The number of rotatable bonds is 6. The highest BCUT2D eigenvalue weighted by atomic mass is 16.5. The number of carbonyl (C=O) groups excluding carboxylic acids is 2. The summed E-state index contributed by atoms with van der Waals surface area (Å²) in [7, 11) is 0. The van der Waals surface area contributed by atoms with Gasteiger partial charge in [-0.05, 0) is 77.4 Å². The molecule has 1 fully saturated rings. The van der Waals surface area contributed by atoms with Gasteiger partial charge in [0.25, 0.3) is 12.4 Å². The first-order chi connectivity index (χ1) is 19.2. The smallest absolute Gasteiger partial charge is 0.293 e. The molecule has 7 heteroatoms. The first kappa shape index (κ1) is 34.3. The van der Waals surface area contributed by atoms with Gasteiger partial charge in [-0.15, -0.1) is 0 Å². The Morgan fingerprint density at radius 2 is 1.55 bits per heavy atom. The van der Waals surface area contributed by atoms with Crippen LogP contribution in [0, 0.1) is 6.92 Å². The van der Waals surface area contributed by atoms with Crippen LogP contribution >= 0.6 is 0 Å². The van der Waals surface area contributed by atoms with Crippen LogP contribution in [0.2, 0.25) is 0 Å². The predicted octanol–water partition coefficient (Wildman–Crippen LogP) is 7.45. The van der Waals surface area contributed by atoms with Crippen molar-refractivity contribution < 1.29 is 19.1 Å². The number of ether oxygens (including phenoxy) is 2. The summed E-state index contributed by atoms with van der Waals surface area (Å²) in [5.41, 5.74) is 3.85. The lowest BCUT2D eigenvalue weighted by molar-refractivity contribution is -0.138. The first-order valence-electron chi connectivity index (χ1n) is 14.2. The van der Waals surface area contributed by atoms with Gasteiger partial charge in [-0.3, -0.25) is 9.59 Å². The molecule has 1 aliphatic rings. The number of piperidine rings is 1. The van der Waals surface area contributed by atoms with Gasteiger partial charge in [0.1, 0.15) is 11.7 Å². The third kappa shape index (κ3) is 12.4. The second-order valence-electron chi connectivity index (χ2n) is 9.65. The summed E-state index contributed by atoms with van der Waals surface area (Å²) in [6, 6.07) is 19.6. The molecule has 7 nitrogen and oxygen atoms in total. The molecule has 218 valence electrons. The van der Waals surface area contributed by atoms with Gasteiger partial charge in [0.15, 0.2) is 11.4 Å². The Labute approximate surface area is 240 Å². The van der Waals surface area contributed by atoms with Crippen molar-refractivity contribution in [3.8, 4) is 16.9 Å². The third-order valence-corrected chi connectivity index (χ3v) is 5.47. The molecule has 2 N–H and O–H groups in total. The second kappa shape index (κ2) is 18.6. The number of pyridine rings is 1. The number of benzene rings is 2. The third-order valence-electron chi connectivity index (χ3n) is 5.47. The van der Waals surface area contributed by atoms with Crippen LogP contribution < -0.4 is 15.4 Å². The van der Waals surface area contributed by atoms with E-state index in [1.54, 1.807) is 6.20 Å². The van der Waals surface area contributed by atoms with Crippen molar-refractivity contribution >= 4 is 18.1 Å². The number of hydrogen-bond acceptors (Lipinski definition) is 6. The fourth-order valence-electron chi connectivity index (χ4n) is 3.56. The minimum absolute atomic E-state index is 0.0787. The van der Waals surface area contributed by atoms with Crippen molar-refractivity contribution in [3.63, 3.8) is 0 Å². The SMILES string of the molecule is CC.CC.CC(C)(C)OC=O.Cc1ccc(NC(=O)c2ncc(-c3ccccc3)cc2OC2CCNCC2)cc1. The highest BCUT2D eigenvalue weighted by Crippen LogP contribution is 2.28. The molecule has 4 rings (SSSR count). The molecule has 0 bridgehead atoms. The Bertz CT molecular complexity index is 1120. The highest BCUT2D eigenvalue weighted by Gasteiger charge is 2.21. The van der Waals surface area contributed by atoms with E-state index in [9.17, 15) is 9.59 Å². The fourth-order valence-corrected chi connectivity index (χ4v) is 3.56. The average molecular weight is 550 g/mol. The molecule has 1 aliphatic heterocycles. The lowest BCUT2D eigenvalue weighted by atomic mass is 10.1. The largest absolute Gasteiger partial charge is 0.488 e. The molecule has 3 aromatic rings. The summed E-state index contributed by atoms with van der Waals surface area (Å²) in [5, 5.41) is 6.27. The summed E-state index contributed by atoms with van der Waals surface area (Å²) >= 11 is 0. The number of aryl methyl sites for hydroxylation is 1. The molecular formula is C33H47N3O4. The summed E-state index contributed by atoms with van der Waals surface area (Å²) in [4.78, 5) is 27.0. The number of nitrogens with zero attached hydrogens (tertiary/aromatic N) is 1. The van der Waals surface area contributed by atoms with E-state index < -0.39 is 0 Å². The summed E-state index contributed by atoms with van der Waals surface area (Å²) in [5.74, 6) is 0.264. The molecule has 0 unspecified atom stereocenters. The van der Waals surface area contributed by atoms with Gasteiger partial charge in [-0.1, -0.05) is 75.7 Å². The van der Waals surface area contributed by atoms with Gasteiger partial charge in [0, 0.05) is 17.4 Å². The zero-order valence-corrected chi connectivity index (χ0v) is 25.4. The topological polar surface area (TPSA) is 89.5 Å². The molecule has 1 aromatic heterocycles. The molecule has 40 heavy (non-hydrogen) atoms. The molecule has 0 aliphatic carbocycles. The zero-order chi connectivity index (χ0) is 30.0. The van der Waals surface area contributed by atoms with Gasteiger partial charge < -0.3 is 20.1 Å². The molecular weight excluding hydrogens is 502 g/mol. The van der Waals surface area contributed by atoms with Crippen LogP contribution in [0.15, 0.2) is 66.9 Å². The van der Waals surface area contributed by atoms with Gasteiger partial charge >= 0.3 is 0 Å². The Balaban J connectivity index is 0.000000629. The maximum absolute atomic E-state index is 12.9. The van der Waals surface area contributed by atoms with E-state index in [1.807, 2.05) is 116 Å². The fraction of sp³-hybridized carbons (Fsp3) is 0.424. The first-order valence-corrected chi connectivity index (χ1v) is 14.2. The summed E-state index contributed by atoms with van der Waals surface area (Å²) in [6.45, 7) is 17.8. The maximum atomic E-state index is 12.9. The standard InChI is InChI=1S/C24H25N3O2.C5H10O2.2C2H6/c1-17-7-9-20(10-8-17)27-24(28)23-22(29-21-11-13-25-14-12-21)15-19(16-26-23)18-5-3-2-4-6-18;1-5(2,3)7-4-6;2*1-2/h2-10,15-16,21,25H,11-14H2,1H3,(H,27,28);4H,1-3H3;2*1-2H3. The van der Waals surface area contributed by atoms with Crippen molar-refractivity contribution in [2.75, 3.05) is 18.4 Å². The van der Waals surface area contributed by atoms with Crippen LogP contribution in [0.3, 0.4) is 0 Å². The van der Waals surface area contributed by atoms with Gasteiger partial charge in [0.05, 0.1) is 0 Å². The van der Waals surface area contributed by atoms with Crippen molar-refractivity contribution in [2.45, 2.75) is 79.9 Å². The zero-order valence-electron chi connectivity index (χ0n) is 25.4. The van der Waals surface area contributed by atoms with Crippen LogP contribution in [0.4, 0.5) is 5.69 Å². The van der Waals surface area contributed by atoms with Crippen molar-refractivity contribution in [1.82, 2.24) is 10.3 Å². The van der Waals surface area contributed by atoms with Crippen LogP contribution in [0.1, 0.15) is 77.4 Å². The van der Waals surface area contributed by atoms with E-state index in [4.69, 9.17) is 4.74 Å². The van der Waals surface area contributed by atoms with E-state index >= 15 is 0 Å². The van der Waals surface area contributed by atoms with Crippen molar-refractivity contribution in [1.29, 1.82) is 0 Å². The average Bonchev–Trinajstić information content (AvgIpc) is 2.97. The lowest BCUT2D eigenvalue weighted by Gasteiger charge is -2.25. The molecule has 2 aromatic carbocycles. The van der Waals surface area contributed by atoms with Crippen LogP contribution in [0.25, 0.3) is 11.1 Å². The van der Waals surface area contributed by atoms with E-state index in [0.29, 0.717) is 17.9 Å². The number of carbonyl (C=O) groups is 2. The van der Waals surface area contributed by atoms with Crippen molar-refractivity contribution in [2.24, 2.45) is 0 Å². The number of amides is 1. The number of hydrogen-bond donors (Lipinski definition) is 2. The Morgan fingerprint density at radius 3 is 2.08 bits per heavy atom. The van der Waals surface area contributed by atoms with E-state index in [-0.39, 0.29) is 17.6 Å². The minimum atomic E-state index is -0.318.